The van der Waals surface area contributed by atoms with Crippen molar-refractivity contribution in [3.8, 4) is 11.5 Å². The second kappa shape index (κ2) is 5.21. The van der Waals surface area contributed by atoms with Gasteiger partial charge in [0.2, 0.25) is 6.79 Å². The average Bonchev–Trinajstić information content (AvgIpc) is 2.94. The number of halogens is 1. The zero-order chi connectivity index (χ0) is 13.9. The summed E-state index contributed by atoms with van der Waals surface area (Å²) in [6, 6.07) is 11.1. The van der Waals surface area contributed by atoms with Gasteiger partial charge in [-0.2, -0.15) is 0 Å². The van der Waals surface area contributed by atoms with E-state index in [9.17, 15) is 9.18 Å². The Bertz CT molecular complexity index is 640. The Morgan fingerprint density at radius 3 is 2.75 bits per heavy atom. The third-order valence-corrected chi connectivity index (χ3v) is 3.01. The van der Waals surface area contributed by atoms with Crippen molar-refractivity contribution in [2.75, 3.05) is 6.79 Å². The molecular formula is C15H12FNO3. The lowest BCUT2D eigenvalue weighted by atomic mass is 10.1. The topological polar surface area (TPSA) is 47.6 Å². The number of carbonyl (C=O) groups excluding carboxylic acids is 1. The van der Waals surface area contributed by atoms with Crippen molar-refractivity contribution in [3.05, 3.63) is 59.4 Å². The number of nitrogens with one attached hydrogen (secondary N) is 1. The van der Waals surface area contributed by atoms with Crippen molar-refractivity contribution in [3.63, 3.8) is 0 Å². The van der Waals surface area contributed by atoms with E-state index in [2.05, 4.69) is 5.32 Å². The summed E-state index contributed by atoms with van der Waals surface area (Å²) in [7, 11) is 0. The van der Waals surface area contributed by atoms with Gasteiger partial charge in [0.1, 0.15) is 5.82 Å². The molecule has 3 rings (SSSR count). The van der Waals surface area contributed by atoms with Gasteiger partial charge < -0.3 is 14.8 Å². The summed E-state index contributed by atoms with van der Waals surface area (Å²) < 4.78 is 23.3. The number of fused-ring (bicyclic) bond motifs is 1. The first-order valence-electron chi connectivity index (χ1n) is 6.15. The summed E-state index contributed by atoms with van der Waals surface area (Å²) in [5, 5.41) is 2.77. The van der Waals surface area contributed by atoms with Gasteiger partial charge in [-0.05, 0) is 29.8 Å². The van der Waals surface area contributed by atoms with Crippen LogP contribution in [0.4, 0.5) is 4.39 Å². The van der Waals surface area contributed by atoms with E-state index in [0.717, 1.165) is 5.56 Å². The molecule has 1 heterocycles. The quantitative estimate of drug-likeness (QED) is 0.934. The van der Waals surface area contributed by atoms with Crippen LogP contribution in [0.2, 0.25) is 0 Å². The summed E-state index contributed by atoms with van der Waals surface area (Å²) >= 11 is 0. The van der Waals surface area contributed by atoms with Crippen LogP contribution in [0.25, 0.3) is 0 Å². The van der Waals surface area contributed by atoms with Crippen molar-refractivity contribution in [1.29, 1.82) is 0 Å². The fraction of sp³-hybridized carbons (Fsp3) is 0.133. The second-order valence-corrected chi connectivity index (χ2v) is 4.35. The van der Waals surface area contributed by atoms with E-state index < -0.39 is 0 Å². The maximum atomic E-state index is 12.8. The van der Waals surface area contributed by atoms with Gasteiger partial charge in [-0.25, -0.2) is 4.39 Å². The highest BCUT2D eigenvalue weighted by Gasteiger charge is 2.21. The van der Waals surface area contributed by atoms with Crippen LogP contribution in [-0.2, 0) is 6.54 Å². The van der Waals surface area contributed by atoms with E-state index in [1.54, 1.807) is 30.3 Å². The maximum absolute atomic E-state index is 12.8. The lowest BCUT2D eigenvalue weighted by Crippen LogP contribution is -2.23. The SMILES string of the molecule is O=C(NCc1ccc(F)cc1)c1cccc2c1OCO2. The smallest absolute Gasteiger partial charge is 0.255 e. The molecule has 102 valence electrons. The Labute approximate surface area is 115 Å². The Morgan fingerprint density at radius 2 is 1.95 bits per heavy atom. The molecule has 0 spiro atoms. The Kier molecular flexibility index (Phi) is 3.25. The van der Waals surface area contributed by atoms with Crippen LogP contribution in [0.15, 0.2) is 42.5 Å². The lowest BCUT2D eigenvalue weighted by molar-refractivity contribution is 0.0946. The average molecular weight is 273 g/mol. The highest BCUT2D eigenvalue weighted by Crippen LogP contribution is 2.35. The zero-order valence-corrected chi connectivity index (χ0v) is 10.6. The van der Waals surface area contributed by atoms with Crippen LogP contribution in [-0.4, -0.2) is 12.7 Å². The van der Waals surface area contributed by atoms with E-state index in [1.165, 1.54) is 12.1 Å². The predicted octanol–water partition coefficient (Wildman–Crippen LogP) is 2.48. The monoisotopic (exact) mass is 273 g/mol. The summed E-state index contributed by atoms with van der Waals surface area (Å²) in [6.07, 6.45) is 0. The fourth-order valence-electron chi connectivity index (χ4n) is 1.99. The number of hydrogen-bond donors (Lipinski definition) is 1. The molecule has 0 aliphatic carbocycles. The van der Waals surface area contributed by atoms with Crippen molar-refractivity contribution in [2.45, 2.75) is 6.54 Å². The molecule has 5 heteroatoms. The Balaban J connectivity index is 1.71. The van der Waals surface area contributed by atoms with Crippen molar-refractivity contribution >= 4 is 5.91 Å². The minimum atomic E-state index is -0.300. The third-order valence-electron chi connectivity index (χ3n) is 3.01. The van der Waals surface area contributed by atoms with Gasteiger partial charge in [0.25, 0.3) is 5.91 Å². The minimum absolute atomic E-state index is 0.123. The van der Waals surface area contributed by atoms with Crippen molar-refractivity contribution < 1.29 is 18.7 Å². The Hall–Kier alpha value is -2.56. The predicted molar refractivity (Wildman–Crippen MR) is 70.1 cm³/mol. The summed E-state index contributed by atoms with van der Waals surface area (Å²) in [5.41, 5.74) is 1.26. The molecule has 0 aromatic heterocycles. The molecule has 4 nitrogen and oxygen atoms in total. The van der Waals surface area contributed by atoms with Gasteiger partial charge >= 0.3 is 0 Å². The van der Waals surface area contributed by atoms with Crippen LogP contribution in [0.5, 0.6) is 11.5 Å². The molecule has 0 atom stereocenters. The molecule has 0 radical (unpaired) electrons. The van der Waals surface area contributed by atoms with E-state index in [0.29, 0.717) is 23.6 Å². The first kappa shape index (κ1) is 12.5. The molecule has 1 aliphatic rings. The number of ether oxygens (including phenoxy) is 2. The number of para-hydroxylation sites is 1. The van der Waals surface area contributed by atoms with Crippen LogP contribution in [0.3, 0.4) is 0 Å². The molecule has 1 aliphatic heterocycles. The zero-order valence-electron chi connectivity index (χ0n) is 10.6. The molecule has 1 N–H and O–H groups in total. The summed E-state index contributed by atoms with van der Waals surface area (Å²) in [4.78, 5) is 12.1. The number of rotatable bonds is 3. The van der Waals surface area contributed by atoms with Gasteiger partial charge in [0.15, 0.2) is 11.5 Å². The maximum Gasteiger partial charge on any atom is 0.255 e. The van der Waals surface area contributed by atoms with E-state index in [-0.39, 0.29) is 18.5 Å². The van der Waals surface area contributed by atoms with E-state index in [1.807, 2.05) is 0 Å². The molecule has 0 bridgehead atoms. The molecule has 2 aromatic carbocycles. The van der Waals surface area contributed by atoms with Crippen LogP contribution in [0, 0.1) is 5.82 Å². The summed E-state index contributed by atoms with van der Waals surface area (Å²) in [5.74, 6) is 0.478. The van der Waals surface area contributed by atoms with Crippen LogP contribution >= 0.6 is 0 Å². The summed E-state index contributed by atoms with van der Waals surface area (Å²) in [6.45, 7) is 0.446. The first-order valence-corrected chi connectivity index (χ1v) is 6.15. The Morgan fingerprint density at radius 1 is 1.15 bits per heavy atom. The minimum Gasteiger partial charge on any atom is -0.454 e. The van der Waals surface area contributed by atoms with Gasteiger partial charge in [-0.15, -0.1) is 0 Å². The van der Waals surface area contributed by atoms with Gasteiger partial charge in [0, 0.05) is 6.54 Å². The highest BCUT2D eigenvalue weighted by atomic mass is 19.1. The van der Waals surface area contributed by atoms with Crippen LogP contribution < -0.4 is 14.8 Å². The van der Waals surface area contributed by atoms with Gasteiger partial charge in [0.05, 0.1) is 5.56 Å². The normalized spacial score (nSPS) is 12.2. The molecule has 20 heavy (non-hydrogen) atoms. The molecule has 0 saturated heterocycles. The lowest BCUT2D eigenvalue weighted by Gasteiger charge is -2.07. The highest BCUT2D eigenvalue weighted by molar-refractivity contribution is 5.97. The van der Waals surface area contributed by atoms with Gasteiger partial charge in [-0.1, -0.05) is 18.2 Å². The first-order chi connectivity index (χ1) is 9.74. The molecule has 0 unspecified atom stereocenters. The fourth-order valence-corrected chi connectivity index (χ4v) is 1.99. The van der Waals surface area contributed by atoms with E-state index in [4.69, 9.17) is 9.47 Å². The van der Waals surface area contributed by atoms with Crippen LogP contribution in [0.1, 0.15) is 15.9 Å². The number of amides is 1. The molecule has 0 saturated carbocycles. The van der Waals surface area contributed by atoms with Crippen molar-refractivity contribution in [2.24, 2.45) is 0 Å². The van der Waals surface area contributed by atoms with Crippen molar-refractivity contribution in [1.82, 2.24) is 5.32 Å². The second-order valence-electron chi connectivity index (χ2n) is 4.35. The third kappa shape index (κ3) is 2.42. The standard InChI is InChI=1S/C15H12FNO3/c16-11-6-4-10(5-7-11)8-17-15(18)12-2-1-3-13-14(12)20-9-19-13/h1-7H,8-9H2,(H,17,18). The number of benzene rings is 2. The molecule has 0 fully saturated rings. The van der Waals surface area contributed by atoms with E-state index >= 15 is 0 Å². The molecule has 1 amide bonds. The number of hydrogen-bond acceptors (Lipinski definition) is 3. The molecule has 2 aromatic rings. The number of carbonyl (C=O) groups is 1. The largest absolute Gasteiger partial charge is 0.454 e. The van der Waals surface area contributed by atoms with Gasteiger partial charge in [-0.3, -0.25) is 4.79 Å². The molecular weight excluding hydrogens is 261 g/mol.